The Morgan fingerprint density at radius 2 is 2.05 bits per heavy atom. The number of thioether (sulfide) groups is 1. The number of alkyl halides is 3. The summed E-state index contributed by atoms with van der Waals surface area (Å²) in [6, 6.07) is 9.24. The molecule has 2 rings (SSSR count). The van der Waals surface area contributed by atoms with Crippen molar-refractivity contribution in [2.24, 2.45) is 0 Å². The van der Waals surface area contributed by atoms with Gasteiger partial charge in [0.25, 0.3) is 0 Å². The Morgan fingerprint density at radius 3 is 2.68 bits per heavy atom. The van der Waals surface area contributed by atoms with Gasteiger partial charge >= 0.3 is 6.18 Å². The molecule has 0 spiro atoms. The summed E-state index contributed by atoms with van der Waals surface area (Å²) < 4.78 is 36.1. The Hall–Kier alpha value is -2.03. The Labute approximate surface area is 128 Å². The number of nitrogens with zero attached hydrogens (tertiary/aromatic N) is 2. The van der Waals surface area contributed by atoms with Crippen LogP contribution in [0.4, 0.5) is 13.2 Å². The number of carbonyl (C=O) groups excluding carboxylic acids is 1. The van der Waals surface area contributed by atoms with Gasteiger partial charge in [0, 0.05) is 5.56 Å². The quantitative estimate of drug-likeness (QED) is 0.827. The van der Waals surface area contributed by atoms with Gasteiger partial charge in [-0.25, -0.2) is 4.98 Å². The number of carbonyl (C=O) groups is 1. The highest BCUT2D eigenvalue weighted by atomic mass is 32.2. The van der Waals surface area contributed by atoms with Gasteiger partial charge in [-0.1, -0.05) is 42.1 Å². The zero-order valence-corrected chi connectivity index (χ0v) is 12.3. The monoisotopic (exact) mass is 330 g/mol. The normalized spacial score (nSPS) is 12.9. The molecule has 22 heavy (non-hydrogen) atoms. The van der Waals surface area contributed by atoms with Crippen LogP contribution in [0.3, 0.4) is 0 Å². The largest absolute Gasteiger partial charge is 0.405 e. The van der Waals surface area contributed by atoms with E-state index in [1.54, 1.807) is 0 Å². The van der Waals surface area contributed by atoms with E-state index in [9.17, 15) is 18.0 Å². The van der Waals surface area contributed by atoms with E-state index >= 15 is 0 Å². The van der Waals surface area contributed by atoms with Crippen LogP contribution in [0, 0.1) is 0 Å². The number of benzene rings is 1. The number of aromatic nitrogens is 3. The topological polar surface area (TPSA) is 70.7 Å². The number of rotatable bonds is 5. The van der Waals surface area contributed by atoms with Crippen LogP contribution in [0.2, 0.25) is 0 Å². The third kappa shape index (κ3) is 4.76. The third-order valence-corrected chi connectivity index (χ3v) is 3.59. The van der Waals surface area contributed by atoms with Gasteiger partial charge < -0.3 is 5.32 Å². The summed E-state index contributed by atoms with van der Waals surface area (Å²) in [7, 11) is 0. The van der Waals surface area contributed by atoms with Crippen LogP contribution in [-0.4, -0.2) is 39.1 Å². The molecule has 1 heterocycles. The first-order chi connectivity index (χ1) is 10.3. The molecule has 0 aliphatic carbocycles. The zero-order valence-electron chi connectivity index (χ0n) is 11.5. The Kier molecular flexibility index (Phi) is 5.07. The average Bonchev–Trinajstić information content (AvgIpc) is 2.93. The number of nitrogens with one attached hydrogen (secondary N) is 2. The maximum atomic E-state index is 12.0. The molecule has 0 bridgehead atoms. The Balaban J connectivity index is 1.94. The third-order valence-electron chi connectivity index (χ3n) is 2.63. The molecule has 9 heteroatoms. The van der Waals surface area contributed by atoms with Gasteiger partial charge in [-0.15, -0.1) is 5.10 Å². The summed E-state index contributed by atoms with van der Waals surface area (Å²) in [5.41, 5.74) is 0.830. The van der Waals surface area contributed by atoms with Gasteiger partial charge in [0.05, 0.1) is 5.25 Å². The van der Waals surface area contributed by atoms with Crippen molar-refractivity contribution in [3.05, 3.63) is 30.3 Å². The van der Waals surface area contributed by atoms with Crippen LogP contribution in [-0.2, 0) is 4.79 Å². The van der Waals surface area contributed by atoms with E-state index in [4.69, 9.17) is 0 Å². The van der Waals surface area contributed by atoms with Crippen LogP contribution in [0.1, 0.15) is 6.92 Å². The first kappa shape index (κ1) is 16.3. The van der Waals surface area contributed by atoms with Crippen molar-refractivity contribution in [1.82, 2.24) is 20.5 Å². The second kappa shape index (κ2) is 6.82. The molecule has 1 amide bonds. The van der Waals surface area contributed by atoms with Gasteiger partial charge in [-0.05, 0) is 6.92 Å². The van der Waals surface area contributed by atoms with Crippen molar-refractivity contribution in [2.75, 3.05) is 6.54 Å². The van der Waals surface area contributed by atoms with E-state index in [1.807, 2.05) is 35.6 Å². The molecule has 0 fully saturated rings. The fraction of sp³-hybridized carbons (Fsp3) is 0.308. The molecule has 0 aliphatic rings. The van der Waals surface area contributed by atoms with Gasteiger partial charge in [-0.2, -0.15) is 13.2 Å². The van der Waals surface area contributed by atoms with E-state index in [0.29, 0.717) is 11.0 Å². The lowest BCUT2D eigenvalue weighted by molar-refractivity contribution is -0.137. The van der Waals surface area contributed by atoms with Crippen LogP contribution >= 0.6 is 11.8 Å². The van der Waals surface area contributed by atoms with Gasteiger partial charge in [0.2, 0.25) is 11.1 Å². The number of halogens is 3. The van der Waals surface area contributed by atoms with E-state index in [1.165, 1.54) is 6.92 Å². The lowest BCUT2D eigenvalue weighted by Crippen LogP contribution is -2.38. The summed E-state index contributed by atoms with van der Waals surface area (Å²) >= 11 is 0.985. The average molecular weight is 330 g/mol. The minimum Gasteiger partial charge on any atom is -0.346 e. The Morgan fingerprint density at radius 1 is 1.36 bits per heavy atom. The molecule has 1 aromatic carbocycles. The maximum Gasteiger partial charge on any atom is 0.405 e. The fourth-order valence-corrected chi connectivity index (χ4v) is 2.32. The van der Waals surface area contributed by atoms with Crippen LogP contribution in [0.25, 0.3) is 11.4 Å². The van der Waals surface area contributed by atoms with Crippen LogP contribution < -0.4 is 5.32 Å². The van der Waals surface area contributed by atoms with Crippen molar-refractivity contribution in [3.8, 4) is 11.4 Å². The lowest BCUT2D eigenvalue weighted by Gasteiger charge is -2.11. The second-order valence-electron chi connectivity index (χ2n) is 4.43. The van der Waals surface area contributed by atoms with Crippen molar-refractivity contribution >= 4 is 17.7 Å². The van der Waals surface area contributed by atoms with Crippen molar-refractivity contribution in [3.63, 3.8) is 0 Å². The summed E-state index contributed by atoms with van der Waals surface area (Å²) in [5, 5.41) is 8.07. The first-order valence-corrected chi connectivity index (χ1v) is 7.22. The van der Waals surface area contributed by atoms with Gasteiger partial charge in [-0.3, -0.25) is 9.89 Å². The van der Waals surface area contributed by atoms with E-state index in [-0.39, 0.29) is 0 Å². The zero-order chi connectivity index (χ0) is 16.2. The van der Waals surface area contributed by atoms with E-state index < -0.39 is 23.9 Å². The minimum atomic E-state index is -4.43. The number of amides is 1. The molecule has 0 radical (unpaired) electrons. The summed E-state index contributed by atoms with van der Waals surface area (Å²) in [6.45, 7) is 0.148. The molecule has 0 saturated carbocycles. The fourth-order valence-electron chi connectivity index (χ4n) is 1.57. The standard InChI is InChI=1S/C13H13F3N4OS/c1-8(11(21)17-7-13(14,15)16)22-12-18-10(19-20-12)9-5-3-2-4-6-9/h2-6,8H,7H2,1H3,(H,17,21)(H,18,19,20). The van der Waals surface area contributed by atoms with E-state index in [2.05, 4.69) is 15.2 Å². The minimum absolute atomic E-state index is 0.300. The number of hydrogen-bond acceptors (Lipinski definition) is 4. The molecule has 2 aromatic rings. The van der Waals surface area contributed by atoms with Crippen molar-refractivity contribution in [2.45, 2.75) is 23.5 Å². The predicted molar refractivity (Wildman–Crippen MR) is 76.2 cm³/mol. The molecule has 2 N–H and O–H groups in total. The van der Waals surface area contributed by atoms with Crippen LogP contribution in [0.15, 0.2) is 35.5 Å². The second-order valence-corrected chi connectivity index (χ2v) is 5.73. The molecular formula is C13H13F3N4OS. The Bertz CT molecular complexity index is 630. The van der Waals surface area contributed by atoms with Crippen molar-refractivity contribution < 1.29 is 18.0 Å². The molecule has 1 unspecified atom stereocenters. The number of hydrogen-bond donors (Lipinski definition) is 2. The highest BCUT2D eigenvalue weighted by molar-refractivity contribution is 8.00. The SMILES string of the molecule is CC(Sc1n[nH]c(-c2ccccc2)n1)C(=O)NCC(F)(F)F. The molecule has 0 saturated heterocycles. The summed E-state index contributed by atoms with van der Waals surface area (Å²) in [5.74, 6) is -0.181. The lowest BCUT2D eigenvalue weighted by atomic mass is 10.2. The van der Waals surface area contributed by atoms with Crippen molar-refractivity contribution in [1.29, 1.82) is 0 Å². The van der Waals surface area contributed by atoms with Crippen LogP contribution in [0.5, 0.6) is 0 Å². The van der Waals surface area contributed by atoms with E-state index in [0.717, 1.165) is 17.3 Å². The highest BCUT2D eigenvalue weighted by Crippen LogP contribution is 2.22. The number of aromatic amines is 1. The molecule has 1 aromatic heterocycles. The first-order valence-electron chi connectivity index (χ1n) is 6.34. The number of H-pyrrole nitrogens is 1. The molecule has 118 valence electrons. The smallest absolute Gasteiger partial charge is 0.346 e. The molecule has 1 atom stereocenters. The molecule has 5 nitrogen and oxygen atoms in total. The highest BCUT2D eigenvalue weighted by Gasteiger charge is 2.29. The molecule has 0 aliphatic heterocycles. The van der Waals surface area contributed by atoms with Gasteiger partial charge in [0.15, 0.2) is 5.82 Å². The predicted octanol–water partition coefficient (Wildman–Crippen LogP) is 2.63. The maximum absolute atomic E-state index is 12.0. The molecular weight excluding hydrogens is 317 g/mol. The summed E-state index contributed by atoms with van der Waals surface area (Å²) in [6.07, 6.45) is -4.43. The summed E-state index contributed by atoms with van der Waals surface area (Å²) in [4.78, 5) is 15.8. The van der Waals surface area contributed by atoms with Gasteiger partial charge in [0.1, 0.15) is 6.54 Å².